The van der Waals surface area contributed by atoms with Gasteiger partial charge in [0.15, 0.2) is 0 Å². The van der Waals surface area contributed by atoms with Crippen LogP contribution in [0.15, 0.2) is 0 Å². The van der Waals surface area contributed by atoms with Crippen LogP contribution < -0.4 is 0 Å². The Morgan fingerprint density at radius 2 is 1.92 bits per heavy atom. The van der Waals surface area contributed by atoms with E-state index in [2.05, 4.69) is 0 Å². The highest BCUT2D eigenvalue weighted by atomic mass is 16.3. The summed E-state index contributed by atoms with van der Waals surface area (Å²) in [4.78, 5) is 1.88. The summed E-state index contributed by atoms with van der Waals surface area (Å²) in [7, 11) is 1.84. The fourth-order valence-corrected chi connectivity index (χ4v) is 1.77. The topological polar surface area (TPSA) is 63.9 Å². The van der Waals surface area contributed by atoms with Crippen molar-refractivity contribution >= 4 is 0 Å². The number of aliphatic hydroxyl groups is 3. The van der Waals surface area contributed by atoms with Crippen molar-refractivity contribution in [2.45, 2.75) is 25.2 Å². The Kier molecular flexibility index (Phi) is 3.06. The monoisotopic (exact) mass is 175 g/mol. The molecule has 0 aromatic rings. The van der Waals surface area contributed by atoms with Crippen LogP contribution in [-0.2, 0) is 0 Å². The lowest BCUT2D eigenvalue weighted by Gasteiger charge is -2.41. The average molecular weight is 175 g/mol. The van der Waals surface area contributed by atoms with E-state index in [4.69, 9.17) is 5.11 Å². The molecule has 0 aliphatic carbocycles. The Bertz CT molecular complexity index is 153. The molecule has 0 radical (unpaired) electrons. The molecule has 1 fully saturated rings. The first-order chi connectivity index (χ1) is 5.57. The molecule has 1 heterocycles. The van der Waals surface area contributed by atoms with Crippen molar-refractivity contribution in [1.82, 2.24) is 4.90 Å². The van der Waals surface area contributed by atoms with Gasteiger partial charge in [-0.1, -0.05) is 6.92 Å². The second-order valence-corrected chi connectivity index (χ2v) is 3.65. The van der Waals surface area contributed by atoms with Gasteiger partial charge in [0.25, 0.3) is 0 Å². The molecule has 0 amide bonds. The molecule has 1 aliphatic heterocycles. The molecule has 0 saturated carbocycles. The minimum atomic E-state index is -0.830. The van der Waals surface area contributed by atoms with E-state index in [1.165, 1.54) is 0 Å². The molecule has 0 bridgehead atoms. The Balaban J connectivity index is 2.65. The molecule has 12 heavy (non-hydrogen) atoms. The zero-order valence-electron chi connectivity index (χ0n) is 7.51. The Morgan fingerprint density at radius 3 is 2.42 bits per heavy atom. The highest BCUT2D eigenvalue weighted by molar-refractivity contribution is 4.90. The number of likely N-dealkylation sites (tertiary alicyclic amines) is 1. The van der Waals surface area contributed by atoms with Gasteiger partial charge in [0.1, 0.15) is 0 Å². The van der Waals surface area contributed by atoms with E-state index in [1.54, 1.807) is 0 Å². The van der Waals surface area contributed by atoms with Crippen LogP contribution in [0.5, 0.6) is 0 Å². The summed E-state index contributed by atoms with van der Waals surface area (Å²) >= 11 is 0. The lowest BCUT2D eigenvalue weighted by Crippen LogP contribution is -2.58. The maximum atomic E-state index is 9.53. The van der Waals surface area contributed by atoms with E-state index in [9.17, 15) is 10.2 Å². The molecule has 4 heteroatoms. The average Bonchev–Trinajstić information content (AvgIpc) is 2.01. The molecular formula is C8H17NO3. The highest BCUT2D eigenvalue weighted by Gasteiger charge is 2.37. The Labute approximate surface area is 72.4 Å². The summed E-state index contributed by atoms with van der Waals surface area (Å²) in [5.41, 5.74) is 0. The first-order valence-electron chi connectivity index (χ1n) is 4.25. The fraction of sp³-hybridized carbons (Fsp3) is 1.00. The third-order valence-electron chi connectivity index (χ3n) is 2.66. The lowest BCUT2D eigenvalue weighted by atomic mass is 9.89. The maximum Gasteiger partial charge on any atom is 0.0979 e. The summed E-state index contributed by atoms with van der Waals surface area (Å²) in [6, 6.07) is -0.323. The maximum absolute atomic E-state index is 9.53. The van der Waals surface area contributed by atoms with E-state index >= 15 is 0 Å². The van der Waals surface area contributed by atoms with E-state index in [0.717, 1.165) is 0 Å². The molecule has 0 spiro atoms. The molecule has 1 rings (SSSR count). The van der Waals surface area contributed by atoms with Crippen molar-refractivity contribution in [2.75, 3.05) is 20.2 Å². The van der Waals surface area contributed by atoms with Crippen LogP contribution in [0.4, 0.5) is 0 Å². The van der Waals surface area contributed by atoms with Gasteiger partial charge in [-0.2, -0.15) is 0 Å². The summed E-state index contributed by atoms with van der Waals surface area (Å²) in [6.07, 6.45) is -1.54. The van der Waals surface area contributed by atoms with Crippen molar-refractivity contribution in [1.29, 1.82) is 0 Å². The SMILES string of the molecule is C[C@@H]1CN(C)C(CO)[C@H](O)[C@H]1O. The van der Waals surface area contributed by atoms with Crippen molar-refractivity contribution in [3.63, 3.8) is 0 Å². The van der Waals surface area contributed by atoms with Crippen LogP contribution in [0.2, 0.25) is 0 Å². The van der Waals surface area contributed by atoms with Crippen molar-refractivity contribution < 1.29 is 15.3 Å². The molecule has 0 aromatic heterocycles. The summed E-state index contributed by atoms with van der Waals surface area (Å²) in [5, 5.41) is 27.9. The third-order valence-corrected chi connectivity index (χ3v) is 2.66. The van der Waals surface area contributed by atoms with Gasteiger partial charge in [-0.25, -0.2) is 0 Å². The predicted octanol–water partition coefficient (Wildman–Crippen LogP) is -1.35. The quantitative estimate of drug-likeness (QED) is 0.461. The Morgan fingerprint density at radius 1 is 1.33 bits per heavy atom. The molecule has 72 valence electrons. The standard InChI is InChI=1S/C8H17NO3/c1-5-3-9(2)6(4-10)8(12)7(5)11/h5-8,10-12H,3-4H2,1-2H3/t5-,6?,7+,8+/m1/s1. The van der Waals surface area contributed by atoms with Gasteiger partial charge < -0.3 is 15.3 Å². The number of likely N-dealkylation sites (N-methyl/N-ethyl adjacent to an activating group) is 1. The number of aliphatic hydroxyl groups excluding tert-OH is 3. The minimum Gasteiger partial charge on any atom is -0.395 e. The fourth-order valence-electron chi connectivity index (χ4n) is 1.77. The summed E-state index contributed by atoms with van der Waals surface area (Å²) < 4.78 is 0. The van der Waals surface area contributed by atoms with E-state index < -0.39 is 12.2 Å². The minimum absolute atomic E-state index is 0.0628. The smallest absolute Gasteiger partial charge is 0.0979 e. The first kappa shape index (κ1) is 9.92. The molecule has 1 aliphatic rings. The van der Waals surface area contributed by atoms with Crippen LogP contribution in [0, 0.1) is 5.92 Å². The Hall–Kier alpha value is -0.160. The first-order valence-corrected chi connectivity index (χ1v) is 4.25. The van der Waals surface area contributed by atoms with E-state index in [1.807, 2.05) is 18.9 Å². The number of rotatable bonds is 1. The molecule has 0 aromatic carbocycles. The molecule has 4 nitrogen and oxygen atoms in total. The van der Waals surface area contributed by atoms with Crippen LogP contribution in [0.3, 0.4) is 0 Å². The molecule has 3 N–H and O–H groups in total. The van der Waals surface area contributed by atoms with Gasteiger partial charge in [-0.3, -0.25) is 4.90 Å². The second kappa shape index (κ2) is 3.70. The molecular weight excluding hydrogens is 158 g/mol. The van der Waals surface area contributed by atoms with Crippen LogP contribution in [0.25, 0.3) is 0 Å². The normalized spacial score (nSPS) is 44.8. The predicted molar refractivity (Wildman–Crippen MR) is 44.7 cm³/mol. The molecule has 1 unspecified atom stereocenters. The number of nitrogens with zero attached hydrogens (tertiary/aromatic N) is 1. The third kappa shape index (κ3) is 1.61. The largest absolute Gasteiger partial charge is 0.395 e. The van der Waals surface area contributed by atoms with Crippen molar-refractivity contribution in [3.05, 3.63) is 0 Å². The van der Waals surface area contributed by atoms with E-state index in [-0.39, 0.29) is 18.6 Å². The highest BCUT2D eigenvalue weighted by Crippen LogP contribution is 2.20. The second-order valence-electron chi connectivity index (χ2n) is 3.65. The van der Waals surface area contributed by atoms with Crippen LogP contribution in [0.1, 0.15) is 6.92 Å². The lowest BCUT2D eigenvalue weighted by molar-refractivity contribution is -0.107. The zero-order valence-corrected chi connectivity index (χ0v) is 7.51. The van der Waals surface area contributed by atoms with Crippen molar-refractivity contribution in [3.8, 4) is 0 Å². The van der Waals surface area contributed by atoms with Gasteiger partial charge >= 0.3 is 0 Å². The van der Waals surface area contributed by atoms with Gasteiger partial charge in [0.05, 0.1) is 24.9 Å². The number of piperidine rings is 1. The molecule has 1 saturated heterocycles. The van der Waals surface area contributed by atoms with Crippen LogP contribution >= 0.6 is 0 Å². The zero-order chi connectivity index (χ0) is 9.30. The summed E-state index contributed by atoms with van der Waals surface area (Å²) in [6.45, 7) is 2.49. The number of hydrogen-bond donors (Lipinski definition) is 3. The van der Waals surface area contributed by atoms with Gasteiger partial charge in [0, 0.05) is 6.54 Å². The van der Waals surface area contributed by atoms with Crippen molar-refractivity contribution in [2.24, 2.45) is 5.92 Å². The number of hydrogen-bond acceptors (Lipinski definition) is 4. The van der Waals surface area contributed by atoms with Crippen LogP contribution in [-0.4, -0.2) is 58.7 Å². The summed E-state index contributed by atoms with van der Waals surface area (Å²) in [5.74, 6) is 0.0628. The molecule has 4 atom stereocenters. The van der Waals surface area contributed by atoms with Gasteiger partial charge in [-0.15, -0.1) is 0 Å². The van der Waals surface area contributed by atoms with Gasteiger partial charge in [-0.05, 0) is 13.0 Å². The van der Waals surface area contributed by atoms with E-state index in [0.29, 0.717) is 6.54 Å². The van der Waals surface area contributed by atoms with Gasteiger partial charge in [0.2, 0.25) is 0 Å².